The van der Waals surface area contributed by atoms with E-state index in [0.29, 0.717) is 30.4 Å². The molecule has 6 heteroatoms. The Morgan fingerprint density at radius 2 is 1.72 bits per heavy atom. The van der Waals surface area contributed by atoms with Gasteiger partial charge < -0.3 is 15.5 Å². The van der Waals surface area contributed by atoms with Gasteiger partial charge in [0.25, 0.3) is 5.91 Å². The van der Waals surface area contributed by atoms with E-state index in [0.717, 1.165) is 31.5 Å². The number of benzene rings is 2. The zero-order valence-corrected chi connectivity index (χ0v) is 19.0. The summed E-state index contributed by atoms with van der Waals surface area (Å²) in [6, 6.07) is 15.8. The molecule has 2 aromatic rings. The van der Waals surface area contributed by atoms with Crippen LogP contribution in [0, 0.1) is 6.92 Å². The number of nitrogens with one attached hydrogen (secondary N) is 2. The summed E-state index contributed by atoms with van der Waals surface area (Å²) in [4.78, 5) is 30.5. The molecule has 2 N–H and O–H groups in total. The molecule has 32 heavy (non-hydrogen) atoms. The standard InChI is InChI=1S/C26H34N4O2/c1-20-10-12-21(13-11-20)17-27-26(32)23-8-2-3-9-24(23)28-25(31)19-30-16-6-7-22(30)18-29-14-4-5-15-29/h2-3,8-13,22H,4-7,14-19H2,1H3,(H,27,32)(H,28,31). The average Bonchev–Trinajstić information content (AvgIpc) is 3.46. The highest BCUT2D eigenvalue weighted by Crippen LogP contribution is 2.21. The van der Waals surface area contributed by atoms with Crippen molar-refractivity contribution in [2.24, 2.45) is 0 Å². The lowest BCUT2D eigenvalue weighted by atomic mass is 10.1. The van der Waals surface area contributed by atoms with E-state index >= 15 is 0 Å². The highest BCUT2D eigenvalue weighted by molar-refractivity contribution is 6.04. The largest absolute Gasteiger partial charge is 0.348 e. The normalized spacial score (nSPS) is 19.2. The van der Waals surface area contributed by atoms with Crippen LogP contribution in [0.4, 0.5) is 5.69 Å². The van der Waals surface area contributed by atoms with Gasteiger partial charge in [0.2, 0.25) is 5.91 Å². The Balaban J connectivity index is 1.33. The Morgan fingerprint density at radius 3 is 2.50 bits per heavy atom. The first-order chi connectivity index (χ1) is 15.6. The van der Waals surface area contributed by atoms with Crippen LogP contribution in [0.2, 0.25) is 0 Å². The molecule has 170 valence electrons. The highest BCUT2D eigenvalue weighted by atomic mass is 16.2. The highest BCUT2D eigenvalue weighted by Gasteiger charge is 2.29. The van der Waals surface area contributed by atoms with Crippen molar-refractivity contribution in [2.45, 2.75) is 45.2 Å². The number of nitrogens with zero attached hydrogens (tertiary/aromatic N) is 2. The minimum Gasteiger partial charge on any atom is -0.348 e. The van der Waals surface area contributed by atoms with Crippen molar-refractivity contribution in [1.29, 1.82) is 0 Å². The van der Waals surface area contributed by atoms with Crippen LogP contribution in [0.5, 0.6) is 0 Å². The van der Waals surface area contributed by atoms with E-state index in [2.05, 4.69) is 20.4 Å². The third-order valence-electron chi connectivity index (χ3n) is 6.53. The number of hydrogen-bond donors (Lipinski definition) is 2. The lowest BCUT2D eigenvalue weighted by Crippen LogP contribution is -2.43. The van der Waals surface area contributed by atoms with E-state index in [9.17, 15) is 9.59 Å². The molecule has 2 aliphatic rings. The molecule has 2 heterocycles. The van der Waals surface area contributed by atoms with Crippen LogP contribution >= 0.6 is 0 Å². The summed E-state index contributed by atoms with van der Waals surface area (Å²) in [5.74, 6) is -0.244. The summed E-state index contributed by atoms with van der Waals surface area (Å²) in [6.45, 7) is 7.25. The summed E-state index contributed by atoms with van der Waals surface area (Å²) in [5, 5.41) is 5.95. The van der Waals surface area contributed by atoms with Crippen LogP contribution in [-0.4, -0.2) is 60.4 Å². The number of likely N-dealkylation sites (tertiary alicyclic amines) is 2. The quantitative estimate of drug-likeness (QED) is 0.668. The van der Waals surface area contributed by atoms with Crippen LogP contribution in [-0.2, 0) is 11.3 Å². The second-order valence-electron chi connectivity index (χ2n) is 9.04. The smallest absolute Gasteiger partial charge is 0.253 e. The van der Waals surface area contributed by atoms with Gasteiger partial charge in [0.05, 0.1) is 17.8 Å². The predicted molar refractivity (Wildman–Crippen MR) is 128 cm³/mol. The van der Waals surface area contributed by atoms with Crippen LogP contribution in [0.25, 0.3) is 0 Å². The van der Waals surface area contributed by atoms with Gasteiger partial charge in [-0.05, 0) is 69.9 Å². The maximum absolute atomic E-state index is 12.8. The van der Waals surface area contributed by atoms with Crippen LogP contribution in [0.3, 0.4) is 0 Å². The van der Waals surface area contributed by atoms with Crippen molar-refractivity contribution < 1.29 is 9.59 Å². The Hall–Kier alpha value is -2.70. The average molecular weight is 435 g/mol. The van der Waals surface area contributed by atoms with Crippen LogP contribution in [0.15, 0.2) is 48.5 Å². The Kier molecular flexibility index (Phi) is 7.55. The number of anilines is 1. The third kappa shape index (κ3) is 5.96. The second kappa shape index (κ2) is 10.7. The van der Waals surface area contributed by atoms with Crippen molar-refractivity contribution in [3.63, 3.8) is 0 Å². The van der Waals surface area contributed by atoms with Crippen molar-refractivity contribution in [2.75, 3.05) is 38.0 Å². The van der Waals surface area contributed by atoms with Gasteiger partial charge in [-0.25, -0.2) is 0 Å². The number of aryl methyl sites for hydroxylation is 1. The van der Waals surface area contributed by atoms with E-state index in [-0.39, 0.29) is 11.8 Å². The van der Waals surface area contributed by atoms with Crippen LogP contribution in [0.1, 0.15) is 47.2 Å². The van der Waals surface area contributed by atoms with Gasteiger partial charge in [0, 0.05) is 19.1 Å². The van der Waals surface area contributed by atoms with Crippen molar-refractivity contribution in [3.05, 3.63) is 65.2 Å². The molecule has 2 aliphatic heterocycles. The van der Waals surface area contributed by atoms with E-state index in [1.165, 1.54) is 31.5 Å². The van der Waals surface area contributed by atoms with E-state index < -0.39 is 0 Å². The van der Waals surface area contributed by atoms with Gasteiger partial charge in [0.1, 0.15) is 0 Å². The van der Waals surface area contributed by atoms with Gasteiger partial charge in [-0.3, -0.25) is 14.5 Å². The van der Waals surface area contributed by atoms with Gasteiger partial charge in [-0.15, -0.1) is 0 Å². The predicted octanol–water partition coefficient (Wildman–Crippen LogP) is 3.42. The first-order valence-corrected chi connectivity index (χ1v) is 11.8. The number of hydrogen-bond acceptors (Lipinski definition) is 4. The summed E-state index contributed by atoms with van der Waals surface area (Å²) in [7, 11) is 0. The number of carbonyl (C=O) groups excluding carboxylic acids is 2. The van der Waals surface area contributed by atoms with E-state index in [4.69, 9.17) is 0 Å². The SMILES string of the molecule is Cc1ccc(CNC(=O)c2ccccc2NC(=O)CN2CCCC2CN2CCCC2)cc1. The molecule has 2 saturated heterocycles. The topological polar surface area (TPSA) is 64.7 Å². The molecule has 0 spiro atoms. The number of para-hydroxylation sites is 1. The first-order valence-electron chi connectivity index (χ1n) is 11.8. The molecular formula is C26H34N4O2. The molecule has 1 unspecified atom stereocenters. The minimum absolute atomic E-state index is 0.0582. The summed E-state index contributed by atoms with van der Waals surface area (Å²) >= 11 is 0. The summed E-state index contributed by atoms with van der Waals surface area (Å²) in [5.41, 5.74) is 3.29. The summed E-state index contributed by atoms with van der Waals surface area (Å²) < 4.78 is 0. The second-order valence-corrected chi connectivity index (χ2v) is 9.04. The Bertz CT molecular complexity index is 922. The monoisotopic (exact) mass is 434 g/mol. The van der Waals surface area contributed by atoms with Crippen molar-refractivity contribution in [3.8, 4) is 0 Å². The molecule has 0 saturated carbocycles. The lowest BCUT2D eigenvalue weighted by Gasteiger charge is -2.28. The maximum atomic E-state index is 12.8. The molecule has 0 aromatic heterocycles. The third-order valence-corrected chi connectivity index (χ3v) is 6.53. The molecular weight excluding hydrogens is 400 g/mol. The van der Waals surface area contributed by atoms with Gasteiger partial charge in [-0.2, -0.15) is 0 Å². The van der Waals surface area contributed by atoms with Crippen molar-refractivity contribution >= 4 is 17.5 Å². The Morgan fingerprint density at radius 1 is 0.969 bits per heavy atom. The fraction of sp³-hybridized carbons (Fsp3) is 0.462. The molecule has 2 fully saturated rings. The lowest BCUT2D eigenvalue weighted by molar-refractivity contribution is -0.117. The number of carbonyl (C=O) groups is 2. The fourth-order valence-corrected chi connectivity index (χ4v) is 4.72. The molecule has 0 radical (unpaired) electrons. The van der Waals surface area contributed by atoms with Crippen molar-refractivity contribution in [1.82, 2.24) is 15.1 Å². The van der Waals surface area contributed by atoms with Crippen LogP contribution < -0.4 is 10.6 Å². The number of amides is 2. The van der Waals surface area contributed by atoms with Gasteiger partial charge in [-0.1, -0.05) is 42.0 Å². The molecule has 6 nitrogen and oxygen atoms in total. The molecule has 0 aliphatic carbocycles. The molecule has 1 atom stereocenters. The number of rotatable bonds is 8. The molecule has 0 bridgehead atoms. The first kappa shape index (κ1) is 22.5. The zero-order chi connectivity index (χ0) is 22.3. The summed E-state index contributed by atoms with van der Waals surface area (Å²) in [6.07, 6.45) is 4.87. The van der Waals surface area contributed by atoms with Gasteiger partial charge >= 0.3 is 0 Å². The molecule has 2 amide bonds. The van der Waals surface area contributed by atoms with E-state index in [1.807, 2.05) is 43.3 Å². The molecule has 2 aromatic carbocycles. The molecule has 4 rings (SSSR count). The fourth-order valence-electron chi connectivity index (χ4n) is 4.72. The minimum atomic E-state index is -0.186. The zero-order valence-electron chi connectivity index (χ0n) is 19.0. The van der Waals surface area contributed by atoms with Gasteiger partial charge in [0.15, 0.2) is 0 Å². The maximum Gasteiger partial charge on any atom is 0.253 e. The van der Waals surface area contributed by atoms with E-state index in [1.54, 1.807) is 12.1 Å². The Labute approximate surface area is 191 Å².